The Morgan fingerprint density at radius 3 is 2.47 bits per heavy atom. The van der Waals surface area contributed by atoms with E-state index >= 15 is 0 Å². The van der Waals surface area contributed by atoms with Gasteiger partial charge in [0.2, 0.25) is 15.9 Å². The normalized spacial score (nSPS) is 15.6. The molecule has 1 N–H and O–H groups in total. The first-order chi connectivity index (χ1) is 15.3. The van der Waals surface area contributed by atoms with E-state index in [1.807, 2.05) is 47.4 Å². The highest BCUT2D eigenvalue weighted by molar-refractivity contribution is 9.10. The molecule has 0 spiro atoms. The summed E-state index contributed by atoms with van der Waals surface area (Å²) in [5.41, 5.74) is 3.99. The molecular formula is C25H25BrN2O3S. The van der Waals surface area contributed by atoms with Gasteiger partial charge in [-0.05, 0) is 66.8 Å². The number of halogens is 1. The summed E-state index contributed by atoms with van der Waals surface area (Å²) in [6, 6.07) is 22.3. The van der Waals surface area contributed by atoms with Crippen LogP contribution in [0.1, 0.15) is 30.0 Å². The van der Waals surface area contributed by atoms with Crippen LogP contribution in [0.4, 0.5) is 5.69 Å². The molecule has 0 aliphatic carbocycles. The van der Waals surface area contributed by atoms with Gasteiger partial charge in [-0.15, -0.1) is 0 Å². The first-order valence-electron chi connectivity index (χ1n) is 10.6. The highest BCUT2D eigenvalue weighted by atomic mass is 79.9. The van der Waals surface area contributed by atoms with E-state index < -0.39 is 10.0 Å². The molecule has 1 amide bonds. The zero-order chi connectivity index (χ0) is 22.7. The number of amides is 1. The lowest BCUT2D eigenvalue weighted by Gasteiger charge is -2.23. The van der Waals surface area contributed by atoms with Crippen LogP contribution >= 0.6 is 15.9 Å². The molecule has 1 unspecified atom stereocenters. The van der Waals surface area contributed by atoms with Gasteiger partial charge in [-0.1, -0.05) is 58.4 Å². The molecule has 3 aromatic carbocycles. The second-order valence-electron chi connectivity index (χ2n) is 8.04. The molecule has 1 atom stereocenters. The van der Waals surface area contributed by atoms with Gasteiger partial charge in [0.1, 0.15) is 0 Å². The average molecular weight is 513 g/mol. The third-order valence-electron chi connectivity index (χ3n) is 5.70. The Morgan fingerprint density at radius 2 is 1.75 bits per heavy atom. The number of hydrogen-bond acceptors (Lipinski definition) is 3. The zero-order valence-corrected chi connectivity index (χ0v) is 20.2. The van der Waals surface area contributed by atoms with E-state index in [9.17, 15) is 13.2 Å². The molecule has 5 nitrogen and oxygen atoms in total. The van der Waals surface area contributed by atoms with Gasteiger partial charge in [-0.3, -0.25) is 4.79 Å². The fraction of sp³-hybridized carbons (Fsp3) is 0.240. The summed E-state index contributed by atoms with van der Waals surface area (Å²) >= 11 is 3.49. The predicted molar refractivity (Wildman–Crippen MR) is 130 cm³/mol. The molecule has 0 radical (unpaired) electrons. The van der Waals surface area contributed by atoms with E-state index in [0.717, 1.165) is 27.7 Å². The van der Waals surface area contributed by atoms with Crippen LogP contribution in [0, 0.1) is 0 Å². The van der Waals surface area contributed by atoms with Crippen molar-refractivity contribution in [2.75, 3.05) is 4.90 Å². The van der Waals surface area contributed by atoms with E-state index in [1.54, 1.807) is 24.3 Å². The van der Waals surface area contributed by atoms with Crippen LogP contribution in [0.15, 0.2) is 82.2 Å². The Balaban J connectivity index is 1.36. The number of rotatable bonds is 7. The van der Waals surface area contributed by atoms with Crippen LogP contribution in [0.25, 0.3) is 0 Å². The molecule has 1 aliphatic rings. The summed E-state index contributed by atoms with van der Waals surface area (Å²) in [6.45, 7) is 2.30. The molecule has 1 heterocycles. The SMILES string of the molecule is CC1Cc2cc(Br)ccc2N1C(=O)CCc1ccc(S(=O)(=O)NCc2ccccc2)cc1. The van der Waals surface area contributed by atoms with Crippen molar-refractivity contribution >= 4 is 37.5 Å². The number of aryl methyl sites for hydroxylation is 1. The summed E-state index contributed by atoms with van der Waals surface area (Å²) in [4.78, 5) is 15.0. The Kier molecular flexibility index (Phi) is 6.79. The van der Waals surface area contributed by atoms with Crippen molar-refractivity contribution in [1.29, 1.82) is 0 Å². The van der Waals surface area contributed by atoms with E-state index in [4.69, 9.17) is 0 Å². The fourth-order valence-electron chi connectivity index (χ4n) is 4.04. The lowest BCUT2D eigenvalue weighted by atomic mass is 10.1. The Labute approximate surface area is 197 Å². The minimum Gasteiger partial charge on any atom is -0.309 e. The smallest absolute Gasteiger partial charge is 0.240 e. The van der Waals surface area contributed by atoms with Gasteiger partial charge in [0.25, 0.3) is 0 Å². The maximum absolute atomic E-state index is 12.9. The van der Waals surface area contributed by atoms with E-state index in [0.29, 0.717) is 12.8 Å². The summed E-state index contributed by atoms with van der Waals surface area (Å²) in [6.07, 6.45) is 1.78. The first-order valence-corrected chi connectivity index (χ1v) is 12.8. The number of nitrogens with zero attached hydrogens (tertiary/aromatic N) is 1. The van der Waals surface area contributed by atoms with Gasteiger partial charge >= 0.3 is 0 Å². The summed E-state index contributed by atoms with van der Waals surface area (Å²) in [7, 11) is -3.59. The second-order valence-corrected chi connectivity index (χ2v) is 10.7. The molecular weight excluding hydrogens is 488 g/mol. The third kappa shape index (κ3) is 5.11. The number of hydrogen-bond donors (Lipinski definition) is 1. The van der Waals surface area contributed by atoms with Crippen molar-refractivity contribution in [3.8, 4) is 0 Å². The number of anilines is 1. The summed E-state index contributed by atoms with van der Waals surface area (Å²) in [5, 5.41) is 0. The van der Waals surface area contributed by atoms with Crippen LogP contribution in [0.5, 0.6) is 0 Å². The largest absolute Gasteiger partial charge is 0.309 e. The minimum absolute atomic E-state index is 0.0831. The molecule has 0 saturated carbocycles. The standard InChI is InChI=1S/C25H25BrN2O3S/c1-18-15-21-16-22(26)10-13-24(21)28(18)25(29)14-9-19-7-11-23(12-8-19)32(30,31)27-17-20-5-3-2-4-6-20/h2-8,10-13,16,18,27H,9,14-15,17H2,1H3. The van der Waals surface area contributed by atoms with Gasteiger partial charge in [-0.2, -0.15) is 0 Å². The lowest BCUT2D eigenvalue weighted by molar-refractivity contribution is -0.118. The Hall–Kier alpha value is -2.48. The molecule has 7 heteroatoms. The predicted octanol–water partition coefficient (Wildman–Crippen LogP) is 4.84. The number of nitrogens with one attached hydrogen (secondary N) is 1. The molecule has 4 rings (SSSR count). The maximum Gasteiger partial charge on any atom is 0.240 e. The van der Waals surface area contributed by atoms with Crippen molar-refractivity contribution in [2.24, 2.45) is 0 Å². The molecule has 0 saturated heterocycles. The first kappa shape index (κ1) is 22.7. The average Bonchev–Trinajstić information content (AvgIpc) is 3.12. The Bertz CT molecular complexity index is 1210. The maximum atomic E-state index is 12.9. The van der Waals surface area contributed by atoms with Crippen molar-refractivity contribution in [3.05, 3.63) is 94.0 Å². The number of carbonyl (C=O) groups excluding carboxylic acids is 1. The topological polar surface area (TPSA) is 66.5 Å². The molecule has 0 bridgehead atoms. The Morgan fingerprint density at radius 1 is 1.03 bits per heavy atom. The summed E-state index contributed by atoms with van der Waals surface area (Å²) < 4.78 is 28.8. The molecule has 166 valence electrons. The van der Waals surface area contributed by atoms with E-state index in [-0.39, 0.29) is 23.4 Å². The van der Waals surface area contributed by atoms with Gasteiger partial charge in [0, 0.05) is 29.2 Å². The van der Waals surface area contributed by atoms with Crippen LogP contribution in [0.2, 0.25) is 0 Å². The van der Waals surface area contributed by atoms with E-state index in [1.165, 1.54) is 5.56 Å². The van der Waals surface area contributed by atoms with Crippen molar-refractivity contribution in [1.82, 2.24) is 4.72 Å². The van der Waals surface area contributed by atoms with Gasteiger partial charge in [0.05, 0.1) is 4.90 Å². The van der Waals surface area contributed by atoms with Crippen molar-refractivity contribution < 1.29 is 13.2 Å². The van der Waals surface area contributed by atoms with Crippen LogP contribution in [-0.4, -0.2) is 20.4 Å². The molecule has 3 aromatic rings. The number of sulfonamides is 1. The molecule has 32 heavy (non-hydrogen) atoms. The van der Waals surface area contributed by atoms with Crippen LogP contribution in [-0.2, 0) is 34.2 Å². The molecule has 0 fully saturated rings. The van der Waals surface area contributed by atoms with E-state index in [2.05, 4.69) is 33.6 Å². The fourth-order valence-corrected chi connectivity index (χ4v) is 5.47. The highest BCUT2D eigenvalue weighted by Crippen LogP contribution is 2.34. The second kappa shape index (κ2) is 9.57. The van der Waals surface area contributed by atoms with Gasteiger partial charge < -0.3 is 4.90 Å². The quantitative estimate of drug-likeness (QED) is 0.492. The lowest BCUT2D eigenvalue weighted by Crippen LogP contribution is -2.35. The summed E-state index contributed by atoms with van der Waals surface area (Å²) in [5.74, 6) is 0.0831. The third-order valence-corrected chi connectivity index (χ3v) is 7.61. The zero-order valence-electron chi connectivity index (χ0n) is 17.8. The van der Waals surface area contributed by atoms with Gasteiger partial charge in [-0.25, -0.2) is 13.1 Å². The van der Waals surface area contributed by atoms with Crippen LogP contribution in [0.3, 0.4) is 0 Å². The molecule has 0 aromatic heterocycles. The van der Waals surface area contributed by atoms with Crippen molar-refractivity contribution in [2.45, 2.75) is 43.7 Å². The molecule has 1 aliphatic heterocycles. The van der Waals surface area contributed by atoms with Crippen molar-refractivity contribution in [3.63, 3.8) is 0 Å². The minimum atomic E-state index is -3.59. The van der Waals surface area contributed by atoms with Gasteiger partial charge in [0.15, 0.2) is 0 Å². The number of benzene rings is 3. The number of carbonyl (C=O) groups is 1. The monoisotopic (exact) mass is 512 g/mol. The number of fused-ring (bicyclic) bond motifs is 1. The van der Waals surface area contributed by atoms with Crippen LogP contribution < -0.4 is 9.62 Å². The highest BCUT2D eigenvalue weighted by Gasteiger charge is 2.30.